The molecule has 0 fully saturated rings. The maximum Gasteiger partial charge on any atom is 0.0490 e. The third-order valence-corrected chi connectivity index (χ3v) is 2.42. The normalized spacial score (nSPS) is 8.86. The van der Waals surface area contributed by atoms with Gasteiger partial charge in [0.1, 0.15) is 0 Å². The van der Waals surface area contributed by atoms with E-state index in [1.165, 1.54) is 5.69 Å². The van der Waals surface area contributed by atoms with Crippen LogP contribution in [0.1, 0.15) is 78.6 Å². The van der Waals surface area contributed by atoms with Crippen LogP contribution in [0.4, 0.5) is 0 Å². The van der Waals surface area contributed by atoms with E-state index in [1.807, 2.05) is 58.2 Å². The van der Waals surface area contributed by atoms with Crippen LogP contribution in [0.2, 0.25) is 0 Å². The maximum atomic E-state index is 4.18. The molecule has 0 unspecified atom stereocenters. The van der Waals surface area contributed by atoms with Crippen LogP contribution in [0.25, 0.3) is 0 Å². The van der Waals surface area contributed by atoms with Crippen molar-refractivity contribution in [2.75, 3.05) is 0 Å². The average molecular weight is 291 g/mol. The summed E-state index contributed by atoms with van der Waals surface area (Å²) in [6.07, 6.45) is 3.60. The first-order chi connectivity index (χ1) is 10.1. The van der Waals surface area contributed by atoms with Gasteiger partial charge in [-0.25, -0.2) is 0 Å². The third kappa shape index (κ3) is 10.8. The molecule has 0 atom stereocenters. The zero-order valence-corrected chi connectivity index (χ0v) is 15.0. The fourth-order valence-electron chi connectivity index (χ4n) is 1.31. The smallest absolute Gasteiger partial charge is 0.0490 e. The molecule has 0 saturated carbocycles. The van der Waals surface area contributed by atoms with Gasteiger partial charge >= 0.3 is 0 Å². The van der Waals surface area contributed by atoms with Crippen molar-refractivity contribution in [3.05, 3.63) is 48.0 Å². The Morgan fingerprint density at radius 1 is 0.810 bits per heavy atom. The maximum absolute atomic E-state index is 4.18. The monoisotopic (exact) mass is 291 g/mol. The Hall–Kier alpha value is -1.64. The summed E-state index contributed by atoms with van der Waals surface area (Å²) in [5.41, 5.74) is 2.36. The molecule has 0 spiro atoms. The number of aromatic nitrogens is 3. The number of rotatable bonds is 2. The van der Waals surface area contributed by atoms with Gasteiger partial charge in [-0.05, 0) is 30.0 Å². The number of nitrogens with one attached hydrogen (secondary N) is 1. The molecule has 0 bridgehead atoms. The number of aromatic amines is 1. The molecule has 0 aliphatic rings. The highest BCUT2D eigenvalue weighted by atomic mass is 15.1. The molecule has 120 valence electrons. The minimum atomic E-state index is 0.547. The highest BCUT2D eigenvalue weighted by Gasteiger charge is 1.96. The van der Waals surface area contributed by atoms with Crippen LogP contribution < -0.4 is 0 Å². The van der Waals surface area contributed by atoms with Crippen molar-refractivity contribution in [1.29, 1.82) is 0 Å². The van der Waals surface area contributed by atoms with E-state index >= 15 is 0 Å². The molecule has 3 heteroatoms. The van der Waals surface area contributed by atoms with Gasteiger partial charge in [-0.2, -0.15) is 5.10 Å². The van der Waals surface area contributed by atoms with Gasteiger partial charge in [0.05, 0.1) is 0 Å². The molecule has 0 aliphatic carbocycles. The quantitative estimate of drug-likeness (QED) is 0.760. The first-order valence-electron chi connectivity index (χ1n) is 8.01. The third-order valence-electron chi connectivity index (χ3n) is 2.42. The summed E-state index contributed by atoms with van der Waals surface area (Å²) in [6, 6.07) is 7.99. The Balaban J connectivity index is 0. The summed E-state index contributed by atoms with van der Waals surface area (Å²) < 4.78 is 0. The molecule has 1 N–H and O–H groups in total. The number of hydrogen-bond donors (Lipinski definition) is 1. The predicted octanol–water partition coefficient (Wildman–Crippen LogP) is 5.79. The zero-order chi connectivity index (χ0) is 16.7. The van der Waals surface area contributed by atoms with E-state index in [4.69, 9.17) is 0 Å². The molecular weight excluding hydrogens is 258 g/mol. The van der Waals surface area contributed by atoms with Gasteiger partial charge in [0, 0.05) is 23.8 Å². The van der Waals surface area contributed by atoms with E-state index in [0.29, 0.717) is 11.8 Å². The molecule has 0 aromatic carbocycles. The van der Waals surface area contributed by atoms with Crippen molar-refractivity contribution in [2.45, 2.75) is 67.2 Å². The molecule has 0 saturated heterocycles. The van der Waals surface area contributed by atoms with E-state index in [-0.39, 0.29) is 0 Å². The summed E-state index contributed by atoms with van der Waals surface area (Å²) in [7, 11) is 0. The van der Waals surface area contributed by atoms with E-state index in [2.05, 4.69) is 42.9 Å². The standard InChI is InChI=1S/C8H11N.C6H10N2.2C2H6/c1-7(2)8-5-3-4-6-9-8;1-5(2)6-3-4-7-8-6;2*1-2/h3-7H,1-2H3;3-5H,1-2H3,(H,7,8);2*1-2H3. The summed E-state index contributed by atoms with van der Waals surface area (Å²) >= 11 is 0. The van der Waals surface area contributed by atoms with Crippen molar-refractivity contribution in [3.8, 4) is 0 Å². The van der Waals surface area contributed by atoms with Gasteiger partial charge < -0.3 is 0 Å². The van der Waals surface area contributed by atoms with Gasteiger partial charge in [-0.3, -0.25) is 10.1 Å². The Kier molecular flexibility index (Phi) is 15.2. The zero-order valence-electron chi connectivity index (χ0n) is 15.0. The molecular formula is C18H33N3. The fourth-order valence-corrected chi connectivity index (χ4v) is 1.31. The van der Waals surface area contributed by atoms with Crippen LogP contribution >= 0.6 is 0 Å². The first-order valence-corrected chi connectivity index (χ1v) is 8.01. The Labute approximate surface area is 131 Å². The molecule has 0 aliphatic heterocycles. The summed E-state index contributed by atoms with van der Waals surface area (Å²) in [4.78, 5) is 4.18. The van der Waals surface area contributed by atoms with E-state index in [1.54, 1.807) is 6.20 Å². The lowest BCUT2D eigenvalue weighted by molar-refractivity contribution is 0.810. The van der Waals surface area contributed by atoms with E-state index < -0.39 is 0 Å². The number of pyridine rings is 1. The lowest BCUT2D eigenvalue weighted by Gasteiger charge is -2.00. The van der Waals surface area contributed by atoms with Gasteiger partial charge in [-0.1, -0.05) is 61.5 Å². The van der Waals surface area contributed by atoms with Crippen LogP contribution in [-0.4, -0.2) is 15.2 Å². The minimum absolute atomic E-state index is 0.547. The van der Waals surface area contributed by atoms with Crippen molar-refractivity contribution >= 4 is 0 Å². The molecule has 2 aromatic rings. The van der Waals surface area contributed by atoms with Gasteiger partial charge in [0.25, 0.3) is 0 Å². The Bertz CT molecular complexity index is 392. The molecule has 2 rings (SSSR count). The minimum Gasteiger partial charge on any atom is -0.282 e. The fraction of sp³-hybridized carbons (Fsp3) is 0.556. The molecule has 0 radical (unpaired) electrons. The molecule has 2 aromatic heterocycles. The van der Waals surface area contributed by atoms with Gasteiger partial charge in [-0.15, -0.1) is 0 Å². The molecule has 0 amide bonds. The first kappa shape index (κ1) is 21.7. The topological polar surface area (TPSA) is 41.6 Å². The number of nitrogens with zero attached hydrogens (tertiary/aromatic N) is 2. The van der Waals surface area contributed by atoms with Gasteiger partial charge in [0.2, 0.25) is 0 Å². The molecule has 21 heavy (non-hydrogen) atoms. The van der Waals surface area contributed by atoms with Crippen LogP contribution in [0.15, 0.2) is 36.7 Å². The molecule has 2 heterocycles. The Morgan fingerprint density at radius 3 is 1.67 bits per heavy atom. The predicted molar refractivity (Wildman–Crippen MR) is 93.7 cm³/mol. The Morgan fingerprint density at radius 2 is 1.43 bits per heavy atom. The summed E-state index contributed by atoms with van der Waals surface area (Å²) in [6.45, 7) is 16.5. The lowest BCUT2D eigenvalue weighted by atomic mass is 10.1. The number of H-pyrrole nitrogens is 1. The second kappa shape index (κ2) is 14.8. The van der Waals surface area contributed by atoms with Crippen LogP contribution in [0.5, 0.6) is 0 Å². The van der Waals surface area contributed by atoms with Crippen LogP contribution in [0.3, 0.4) is 0 Å². The molecule has 3 nitrogen and oxygen atoms in total. The van der Waals surface area contributed by atoms with Gasteiger partial charge in [0.15, 0.2) is 0 Å². The van der Waals surface area contributed by atoms with Crippen molar-refractivity contribution in [3.63, 3.8) is 0 Å². The lowest BCUT2D eigenvalue weighted by Crippen LogP contribution is -1.88. The number of hydrogen-bond acceptors (Lipinski definition) is 2. The van der Waals surface area contributed by atoms with E-state index in [0.717, 1.165) is 5.69 Å². The highest BCUT2D eigenvalue weighted by Crippen LogP contribution is 2.08. The van der Waals surface area contributed by atoms with Crippen molar-refractivity contribution < 1.29 is 0 Å². The van der Waals surface area contributed by atoms with Crippen molar-refractivity contribution in [2.24, 2.45) is 0 Å². The summed E-state index contributed by atoms with van der Waals surface area (Å²) in [5, 5.41) is 6.70. The largest absolute Gasteiger partial charge is 0.282 e. The van der Waals surface area contributed by atoms with Crippen molar-refractivity contribution in [1.82, 2.24) is 15.2 Å². The SMILES string of the molecule is CC.CC.CC(C)c1ccccn1.CC(C)c1ccn[nH]1. The van der Waals surface area contributed by atoms with Crippen LogP contribution in [0, 0.1) is 0 Å². The summed E-state index contributed by atoms with van der Waals surface area (Å²) in [5.74, 6) is 1.11. The second-order valence-corrected chi connectivity index (χ2v) is 4.58. The second-order valence-electron chi connectivity index (χ2n) is 4.58. The van der Waals surface area contributed by atoms with E-state index in [9.17, 15) is 0 Å². The average Bonchev–Trinajstić information content (AvgIpc) is 3.07. The van der Waals surface area contributed by atoms with Crippen LogP contribution in [-0.2, 0) is 0 Å². The highest BCUT2D eigenvalue weighted by molar-refractivity contribution is 5.06.